The summed E-state index contributed by atoms with van der Waals surface area (Å²) < 4.78 is 5.71. The number of H-pyrrole nitrogens is 1. The average molecular weight is 325 g/mol. The molecule has 0 saturated heterocycles. The Morgan fingerprint density at radius 1 is 1.41 bits per heavy atom. The monoisotopic (exact) mass is 324 g/mol. The van der Waals surface area contributed by atoms with Crippen molar-refractivity contribution in [3.05, 3.63) is 50.4 Å². The largest absolute Gasteiger partial charge is 0.478 e. The van der Waals surface area contributed by atoms with Gasteiger partial charge in [-0.25, -0.2) is 9.48 Å². The van der Waals surface area contributed by atoms with E-state index in [-0.39, 0.29) is 22.6 Å². The Balaban J connectivity index is 2.53. The number of aromatic carboxylic acids is 1. The Labute approximate surface area is 130 Å². The van der Waals surface area contributed by atoms with Crippen molar-refractivity contribution < 1.29 is 19.4 Å². The maximum absolute atomic E-state index is 12.4. The van der Waals surface area contributed by atoms with Crippen LogP contribution in [0.5, 0.6) is 0 Å². The maximum atomic E-state index is 12.4. The molecule has 2 rings (SSSR count). The first-order valence-electron chi connectivity index (χ1n) is 6.25. The van der Waals surface area contributed by atoms with Gasteiger partial charge in [-0.2, -0.15) is 0 Å². The number of ether oxygens (including phenoxy) is 1. The van der Waals surface area contributed by atoms with Crippen LogP contribution in [0.1, 0.15) is 21.6 Å². The average Bonchev–Trinajstić information content (AvgIpc) is 2.75. The number of aromatic nitrogens is 2. The molecule has 0 aliphatic carbocycles. The maximum Gasteiger partial charge on any atom is 0.337 e. The van der Waals surface area contributed by atoms with Crippen LogP contribution in [0.15, 0.2) is 23.0 Å². The van der Waals surface area contributed by atoms with Gasteiger partial charge >= 0.3 is 11.9 Å². The minimum absolute atomic E-state index is 0.0716. The van der Waals surface area contributed by atoms with Crippen LogP contribution in [0.4, 0.5) is 0 Å². The number of nitrogens with zero attached hydrogens (tertiary/aromatic N) is 1. The molecular formula is C14H13ClN2O5. The molecule has 0 aliphatic heterocycles. The highest BCUT2D eigenvalue weighted by Gasteiger charge is 2.17. The molecule has 0 amide bonds. The summed E-state index contributed by atoms with van der Waals surface area (Å²) in [5.41, 5.74) is 0.515. The van der Waals surface area contributed by atoms with E-state index in [4.69, 9.17) is 16.7 Å². The van der Waals surface area contributed by atoms with Crippen molar-refractivity contribution in [2.75, 3.05) is 7.11 Å². The number of carboxylic acid groups (broad SMARTS) is 1. The van der Waals surface area contributed by atoms with Gasteiger partial charge < -0.3 is 9.84 Å². The zero-order chi connectivity index (χ0) is 16.4. The van der Waals surface area contributed by atoms with Gasteiger partial charge in [-0.1, -0.05) is 11.6 Å². The van der Waals surface area contributed by atoms with Gasteiger partial charge in [0, 0.05) is 5.69 Å². The number of carbonyl (C=O) groups excluding carboxylic acids is 1. The van der Waals surface area contributed by atoms with Crippen LogP contribution in [0.3, 0.4) is 0 Å². The first-order valence-corrected chi connectivity index (χ1v) is 6.63. The first kappa shape index (κ1) is 15.8. The molecule has 7 nitrogen and oxygen atoms in total. The molecule has 2 N–H and O–H groups in total. The highest BCUT2D eigenvalue weighted by Crippen LogP contribution is 2.19. The highest BCUT2D eigenvalue weighted by molar-refractivity contribution is 6.33. The van der Waals surface area contributed by atoms with Crippen LogP contribution in [-0.4, -0.2) is 33.9 Å². The molecule has 0 radical (unpaired) electrons. The molecule has 0 atom stereocenters. The molecule has 2 aromatic rings. The number of hydrogen-bond donors (Lipinski definition) is 2. The number of methoxy groups -OCH3 is 1. The van der Waals surface area contributed by atoms with Gasteiger partial charge in [0.05, 0.1) is 35.4 Å². The molecule has 1 aromatic heterocycles. The summed E-state index contributed by atoms with van der Waals surface area (Å²) in [6, 6.07) is 4.18. The lowest BCUT2D eigenvalue weighted by Gasteiger charge is -2.04. The SMILES string of the molecule is COC(=O)Cc1c(C)[nH]n(-c2ccc(Cl)c(C(=O)O)c2)c1=O. The summed E-state index contributed by atoms with van der Waals surface area (Å²) in [5, 5.41) is 12.0. The molecule has 1 heterocycles. The smallest absolute Gasteiger partial charge is 0.337 e. The third-order valence-electron chi connectivity index (χ3n) is 3.18. The summed E-state index contributed by atoms with van der Waals surface area (Å²) in [6.45, 7) is 1.64. The summed E-state index contributed by atoms with van der Waals surface area (Å²) in [7, 11) is 1.24. The van der Waals surface area contributed by atoms with E-state index >= 15 is 0 Å². The summed E-state index contributed by atoms with van der Waals surface area (Å²) in [4.78, 5) is 34.8. The molecule has 0 spiro atoms. The molecule has 0 saturated carbocycles. The number of benzene rings is 1. The Bertz CT molecular complexity index is 806. The molecule has 8 heteroatoms. The fourth-order valence-electron chi connectivity index (χ4n) is 2.00. The van der Waals surface area contributed by atoms with Crippen molar-refractivity contribution in [2.24, 2.45) is 0 Å². The molecule has 0 bridgehead atoms. The van der Waals surface area contributed by atoms with E-state index in [1.54, 1.807) is 6.92 Å². The van der Waals surface area contributed by atoms with Gasteiger partial charge in [0.25, 0.3) is 5.56 Å². The molecular weight excluding hydrogens is 312 g/mol. The predicted octanol–water partition coefficient (Wildman–Crippen LogP) is 1.54. The summed E-state index contributed by atoms with van der Waals surface area (Å²) >= 11 is 5.80. The van der Waals surface area contributed by atoms with Crippen molar-refractivity contribution >= 4 is 23.5 Å². The lowest BCUT2D eigenvalue weighted by atomic mass is 10.2. The first-order chi connectivity index (χ1) is 10.3. The van der Waals surface area contributed by atoms with Crippen LogP contribution in [0.2, 0.25) is 5.02 Å². The fourth-order valence-corrected chi connectivity index (χ4v) is 2.20. The molecule has 0 aliphatic rings. The molecule has 0 fully saturated rings. The standard InChI is InChI=1S/C14H13ClN2O5/c1-7-9(6-12(18)22-2)13(19)17(16-7)8-3-4-11(15)10(5-8)14(20)21/h3-5,16H,6H2,1-2H3,(H,20,21). The lowest BCUT2D eigenvalue weighted by molar-refractivity contribution is -0.139. The number of carbonyl (C=O) groups is 2. The fraction of sp³-hybridized carbons (Fsp3) is 0.214. The van der Waals surface area contributed by atoms with Crippen LogP contribution >= 0.6 is 11.6 Å². The zero-order valence-corrected chi connectivity index (χ0v) is 12.6. The second kappa shape index (κ2) is 6.07. The summed E-state index contributed by atoms with van der Waals surface area (Å²) in [5.74, 6) is -1.73. The number of aromatic amines is 1. The van der Waals surface area contributed by atoms with Gasteiger partial charge in [0.2, 0.25) is 0 Å². The Morgan fingerprint density at radius 2 is 2.09 bits per heavy atom. The molecule has 22 heavy (non-hydrogen) atoms. The predicted molar refractivity (Wildman–Crippen MR) is 78.8 cm³/mol. The Morgan fingerprint density at radius 3 is 2.68 bits per heavy atom. The van der Waals surface area contributed by atoms with Gasteiger partial charge in [-0.3, -0.25) is 14.7 Å². The minimum Gasteiger partial charge on any atom is -0.478 e. The van der Waals surface area contributed by atoms with E-state index in [0.29, 0.717) is 11.4 Å². The van der Waals surface area contributed by atoms with Gasteiger partial charge in [0.15, 0.2) is 0 Å². The zero-order valence-electron chi connectivity index (χ0n) is 11.8. The van der Waals surface area contributed by atoms with E-state index in [2.05, 4.69) is 9.84 Å². The lowest BCUT2D eigenvalue weighted by Crippen LogP contribution is -2.20. The summed E-state index contributed by atoms with van der Waals surface area (Å²) in [6.07, 6.45) is -0.163. The topological polar surface area (TPSA) is 101 Å². The van der Waals surface area contributed by atoms with E-state index in [0.717, 1.165) is 4.68 Å². The van der Waals surface area contributed by atoms with Crippen molar-refractivity contribution in [1.29, 1.82) is 0 Å². The highest BCUT2D eigenvalue weighted by atomic mass is 35.5. The third kappa shape index (κ3) is 2.89. The van der Waals surface area contributed by atoms with Crippen molar-refractivity contribution in [1.82, 2.24) is 9.78 Å². The van der Waals surface area contributed by atoms with E-state index in [1.807, 2.05) is 0 Å². The van der Waals surface area contributed by atoms with Crippen molar-refractivity contribution in [2.45, 2.75) is 13.3 Å². The van der Waals surface area contributed by atoms with Gasteiger partial charge in [-0.05, 0) is 25.1 Å². The van der Waals surface area contributed by atoms with Crippen molar-refractivity contribution in [3.63, 3.8) is 0 Å². The number of carboxylic acids is 1. The van der Waals surface area contributed by atoms with E-state index in [1.165, 1.54) is 25.3 Å². The Hall–Kier alpha value is -2.54. The number of halogens is 1. The minimum atomic E-state index is -1.20. The van der Waals surface area contributed by atoms with Crippen LogP contribution in [0, 0.1) is 6.92 Å². The van der Waals surface area contributed by atoms with Crippen molar-refractivity contribution in [3.8, 4) is 5.69 Å². The number of hydrogen-bond acceptors (Lipinski definition) is 4. The van der Waals surface area contributed by atoms with Crippen LogP contribution in [0.25, 0.3) is 5.69 Å². The number of esters is 1. The molecule has 116 valence electrons. The molecule has 0 unspecified atom stereocenters. The number of rotatable bonds is 4. The van der Waals surface area contributed by atoms with Crippen LogP contribution < -0.4 is 5.56 Å². The number of aryl methyl sites for hydroxylation is 1. The Kier molecular flexibility index (Phi) is 4.37. The normalized spacial score (nSPS) is 10.5. The number of nitrogens with one attached hydrogen (secondary N) is 1. The quantitative estimate of drug-likeness (QED) is 0.831. The second-order valence-corrected chi connectivity index (χ2v) is 4.99. The van der Waals surface area contributed by atoms with E-state index < -0.39 is 17.5 Å². The third-order valence-corrected chi connectivity index (χ3v) is 3.51. The molecule has 1 aromatic carbocycles. The van der Waals surface area contributed by atoms with Gasteiger partial charge in [-0.15, -0.1) is 0 Å². The second-order valence-electron chi connectivity index (χ2n) is 4.58. The van der Waals surface area contributed by atoms with Gasteiger partial charge in [0.1, 0.15) is 0 Å². The van der Waals surface area contributed by atoms with E-state index in [9.17, 15) is 14.4 Å². The van der Waals surface area contributed by atoms with Crippen LogP contribution in [-0.2, 0) is 16.0 Å².